The second-order valence-electron chi connectivity index (χ2n) is 8.05. The highest BCUT2D eigenvalue weighted by Gasteiger charge is 2.28. The molecular weight excluding hydrogens is 425 g/mol. The molecule has 0 radical (unpaired) electrons. The number of para-hydroxylation sites is 2. The van der Waals surface area contributed by atoms with Crippen molar-refractivity contribution in [1.82, 2.24) is 34.7 Å². The molecule has 4 aromatic rings. The molecule has 33 heavy (non-hydrogen) atoms. The lowest BCUT2D eigenvalue weighted by molar-refractivity contribution is 0.0665. The summed E-state index contributed by atoms with van der Waals surface area (Å²) in [7, 11) is 0. The molecule has 0 saturated carbocycles. The Kier molecular flexibility index (Phi) is 5.55. The predicted octanol–water partition coefficient (Wildman–Crippen LogP) is 2.38. The summed E-state index contributed by atoms with van der Waals surface area (Å²) in [6.45, 7) is 1.11. The first-order valence-corrected chi connectivity index (χ1v) is 10.8. The Morgan fingerprint density at radius 3 is 2.73 bits per heavy atom. The summed E-state index contributed by atoms with van der Waals surface area (Å²) in [6.07, 6.45) is 3.60. The number of likely N-dealkylation sites (tertiary alicyclic amines) is 1. The zero-order valence-electron chi connectivity index (χ0n) is 17.8. The van der Waals surface area contributed by atoms with Crippen molar-refractivity contribution in [2.75, 3.05) is 13.1 Å². The number of nitrogens with one attached hydrogen (secondary N) is 1. The summed E-state index contributed by atoms with van der Waals surface area (Å²) in [5, 5.41) is 15.1. The van der Waals surface area contributed by atoms with Gasteiger partial charge in [-0.2, -0.15) is 15.0 Å². The van der Waals surface area contributed by atoms with Crippen LogP contribution in [0.2, 0.25) is 0 Å². The van der Waals surface area contributed by atoms with Gasteiger partial charge in [-0.1, -0.05) is 30.3 Å². The van der Waals surface area contributed by atoms with Crippen LogP contribution in [0.15, 0.2) is 65.6 Å². The molecule has 1 atom stereocenters. The molecule has 1 fully saturated rings. The molecule has 10 heteroatoms. The first kappa shape index (κ1) is 20.8. The molecule has 2 aromatic carbocycles. The maximum atomic E-state index is 14.3. The number of piperidine rings is 1. The predicted molar refractivity (Wildman–Crippen MR) is 118 cm³/mol. The number of amides is 1. The molecule has 0 spiro atoms. The van der Waals surface area contributed by atoms with Crippen molar-refractivity contribution in [3.8, 4) is 11.4 Å². The number of halogens is 1. The van der Waals surface area contributed by atoms with Crippen LogP contribution >= 0.6 is 0 Å². The molecule has 1 aliphatic heterocycles. The van der Waals surface area contributed by atoms with Gasteiger partial charge in [0.15, 0.2) is 5.69 Å². The van der Waals surface area contributed by atoms with E-state index in [-0.39, 0.29) is 23.2 Å². The third-order valence-corrected chi connectivity index (χ3v) is 5.81. The van der Waals surface area contributed by atoms with Gasteiger partial charge in [-0.25, -0.2) is 18.9 Å². The van der Waals surface area contributed by atoms with E-state index in [0.29, 0.717) is 25.3 Å². The lowest BCUT2D eigenvalue weighted by Gasteiger charge is -2.32. The van der Waals surface area contributed by atoms with E-state index in [4.69, 9.17) is 0 Å². The molecule has 3 heterocycles. The largest absolute Gasteiger partial charge is 0.348 e. The Hall–Kier alpha value is -4.08. The van der Waals surface area contributed by atoms with E-state index in [0.717, 1.165) is 18.5 Å². The van der Waals surface area contributed by atoms with E-state index in [1.807, 2.05) is 30.3 Å². The molecule has 168 valence electrons. The molecule has 1 saturated heterocycles. The Morgan fingerprint density at radius 1 is 1.12 bits per heavy atom. The first-order valence-electron chi connectivity index (χ1n) is 10.8. The standard InChI is InChI=1S/C23H22FN7O2/c24-18-10-4-5-11-20(18)30-21(26-27-23(30)33)13-16-7-6-12-29(15-16)22(32)19-14-25-31(28-19)17-8-2-1-3-9-17/h1-5,8-11,14,16H,6-7,12-13,15H2,(H,27,33)/t16-/m0/s1. The quantitative estimate of drug-likeness (QED) is 0.506. The maximum absolute atomic E-state index is 14.3. The van der Waals surface area contributed by atoms with E-state index in [1.165, 1.54) is 21.6 Å². The van der Waals surface area contributed by atoms with Crippen LogP contribution in [0.1, 0.15) is 29.2 Å². The van der Waals surface area contributed by atoms with Crippen molar-refractivity contribution in [3.63, 3.8) is 0 Å². The van der Waals surface area contributed by atoms with Gasteiger partial charge in [0.1, 0.15) is 11.6 Å². The molecule has 1 N–H and O–H groups in total. The van der Waals surface area contributed by atoms with Crippen LogP contribution < -0.4 is 5.69 Å². The van der Waals surface area contributed by atoms with Gasteiger partial charge < -0.3 is 4.90 Å². The fourth-order valence-corrected chi connectivity index (χ4v) is 4.23. The van der Waals surface area contributed by atoms with Crippen LogP contribution in [0.3, 0.4) is 0 Å². The van der Waals surface area contributed by atoms with Crippen LogP contribution in [0.5, 0.6) is 0 Å². The SMILES string of the molecule is O=C(c1cnn(-c2ccccc2)n1)N1CCC[C@@H](Cc2n[nH]c(=O)n2-c2ccccc2F)C1. The van der Waals surface area contributed by atoms with Gasteiger partial charge in [0, 0.05) is 19.5 Å². The summed E-state index contributed by atoms with van der Waals surface area (Å²) in [5.74, 6) is -0.161. The number of H-pyrrole nitrogens is 1. The van der Waals surface area contributed by atoms with Gasteiger partial charge in [-0.15, -0.1) is 5.10 Å². The van der Waals surface area contributed by atoms with Gasteiger partial charge >= 0.3 is 5.69 Å². The van der Waals surface area contributed by atoms with Crippen LogP contribution in [-0.4, -0.2) is 53.7 Å². The number of nitrogens with zero attached hydrogens (tertiary/aromatic N) is 6. The molecule has 0 unspecified atom stereocenters. The van der Waals surface area contributed by atoms with Crippen molar-refractivity contribution >= 4 is 5.91 Å². The minimum Gasteiger partial charge on any atom is -0.337 e. The Labute approximate surface area is 188 Å². The van der Waals surface area contributed by atoms with E-state index < -0.39 is 11.5 Å². The van der Waals surface area contributed by atoms with Crippen molar-refractivity contribution in [1.29, 1.82) is 0 Å². The third-order valence-electron chi connectivity index (χ3n) is 5.81. The molecule has 5 rings (SSSR count). The van der Waals surface area contributed by atoms with Gasteiger partial charge in [0.05, 0.1) is 17.6 Å². The normalized spacial score (nSPS) is 16.2. The Balaban J connectivity index is 1.32. The summed E-state index contributed by atoms with van der Waals surface area (Å²) in [6, 6.07) is 15.5. The second-order valence-corrected chi connectivity index (χ2v) is 8.05. The molecule has 9 nitrogen and oxygen atoms in total. The number of hydrogen-bond acceptors (Lipinski definition) is 5. The summed E-state index contributed by atoms with van der Waals surface area (Å²) >= 11 is 0. The molecule has 0 aliphatic carbocycles. The van der Waals surface area contributed by atoms with Crippen LogP contribution in [0.4, 0.5) is 4.39 Å². The highest BCUT2D eigenvalue weighted by atomic mass is 19.1. The van der Waals surface area contributed by atoms with Gasteiger partial charge in [0.2, 0.25) is 0 Å². The van der Waals surface area contributed by atoms with Crippen molar-refractivity contribution in [3.05, 3.63) is 88.6 Å². The molecule has 2 aromatic heterocycles. The van der Waals surface area contributed by atoms with Crippen molar-refractivity contribution in [2.45, 2.75) is 19.3 Å². The lowest BCUT2D eigenvalue weighted by Crippen LogP contribution is -2.41. The summed E-state index contributed by atoms with van der Waals surface area (Å²) in [4.78, 5) is 28.6. The lowest BCUT2D eigenvalue weighted by atomic mass is 9.94. The highest BCUT2D eigenvalue weighted by molar-refractivity contribution is 5.92. The molecule has 1 aliphatic rings. The van der Waals surface area contributed by atoms with E-state index >= 15 is 0 Å². The second kappa shape index (κ2) is 8.81. The Bertz CT molecular complexity index is 1330. The van der Waals surface area contributed by atoms with Crippen LogP contribution in [-0.2, 0) is 6.42 Å². The average Bonchev–Trinajstić information content (AvgIpc) is 3.47. The van der Waals surface area contributed by atoms with Crippen molar-refractivity contribution in [2.24, 2.45) is 5.92 Å². The number of carbonyl (C=O) groups is 1. The zero-order chi connectivity index (χ0) is 22.8. The monoisotopic (exact) mass is 447 g/mol. The topological polar surface area (TPSA) is 102 Å². The van der Waals surface area contributed by atoms with Crippen molar-refractivity contribution < 1.29 is 9.18 Å². The van der Waals surface area contributed by atoms with E-state index in [1.54, 1.807) is 23.1 Å². The minimum absolute atomic E-state index is 0.0765. The zero-order valence-corrected chi connectivity index (χ0v) is 17.8. The highest BCUT2D eigenvalue weighted by Crippen LogP contribution is 2.22. The Morgan fingerprint density at radius 2 is 1.91 bits per heavy atom. The van der Waals surface area contributed by atoms with Gasteiger partial charge in [-0.3, -0.25) is 4.79 Å². The number of benzene rings is 2. The minimum atomic E-state index is -0.496. The number of hydrogen-bond donors (Lipinski definition) is 1. The summed E-state index contributed by atoms with van der Waals surface area (Å²) in [5.41, 5.74) is 0.726. The number of carbonyl (C=O) groups excluding carboxylic acids is 1. The molecule has 1 amide bonds. The number of rotatable bonds is 5. The summed E-state index contributed by atoms with van der Waals surface area (Å²) < 4.78 is 15.6. The van der Waals surface area contributed by atoms with Crippen LogP contribution in [0, 0.1) is 11.7 Å². The van der Waals surface area contributed by atoms with E-state index in [9.17, 15) is 14.0 Å². The van der Waals surface area contributed by atoms with Gasteiger partial charge in [-0.05, 0) is 43.0 Å². The number of aromatic amines is 1. The fourth-order valence-electron chi connectivity index (χ4n) is 4.23. The average molecular weight is 447 g/mol. The first-order chi connectivity index (χ1) is 16.1. The number of aromatic nitrogens is 6. The fraction of sp³-hybridized carbons (Fsp3) is 0.261. The molecular formula is C23H22FN7O2. The van der Waals surface area contributed by atoms with Gasteiger partial charge in [0.25, 0.3) is 5.91 Å². The maximum Gasteiger partial charge on any atom is 0.348 e. The molecule has 0 bridgehead atoms. The third kappa shape index (κ3) is 4.19. The van der Waals surface area contributed by atoms with E-state index in [2.05, 4.69) is 20.4 Å². The van der Waals surface area contributed by atoms with Crippen LogP contribution in [0.25, 0.3) is 11.4 Å². The smallest absolute Gasteiger partial charge is 0.337 e.